The molecule has 2 aromatic carbocycles. The first-order valence-electron chi connectivity index (χ1n) is 8.43. The van der Waals surface area contributed by atoms with Crippen molar-refractivity contribution in [1.29, 1.82) is 0 Å². The highest BCUT2D eigenvalue weighted by Gasteiger charge is 2.27. The van der Waals surface area contributed by atoms with Gasteiger partial charge in [0, 0.05) is 18.1 Å². The van der Waals surface area contributed by atoms with Gasteiger partial charge in [-0.15, -0.1) is 0 Å². The summed E-state index contributed by atoms with van der Waals surface area (Å²) in [5.74, 6) is -0.457. The van der Waals surface area contributed by atoms with Crippen molar-refractivity contribution in [2.45, 2.75) is 25.3 Å². The van der Waals surface area contributed by atoms with Crippen LogP contribution in [0.2, 0.25) is 5.02 Å². The molecule has 0 radical (unpaired) electrons. The summed E-state index contributed by atoms with van der Waals surface area (Å²) >= 11 is 5.91. The van der Waals surface area contributed by atoms with E-state index in [1.165, 1.54) is 29.6 Å². The van der Waals surface area contributed by atoms with Gasteiger partial charge in [-0.05, 0) is 35.9 Å². The Morgan fingerprint density at radius 3 is 2.41 bits per heavy atom. The molecule has 0 spiro atoms. The van der Waals surface area contributed by atoms with Crippen LogP contribution in [0.4, 0.5) is 0 Å². The van der Waals surface area contributed by atoms with Gasteiger partial charge in [0.2, 0.25) is 10.0 Å². The third kappa shape index (κ3) is 5.00. The molecule has 0 aliphatic heterocycles. The number of benzene rings is 2. The largest absolute Gasteiger partial charge is 0.495 e. The lowest BCUT2D eigenvalue weighted by molar-refractivity contribution is 0.0472. The summed E-state index contributed by atoms with van der Waals surface area (Å²) in [5.41, 5.74) is 0.865. The van der Waals surface area contributed by atoms with E-state index in [0.29, 0.717) is 18.1 Å². The fraction of sp³-hybridized carbons (Fsp3) is 0.316. The van der Waals surface area contributed by atoms with Crippen molar-refractivity contribution in [3.8, 4) is 5.75 Å². The summed E-state index contributed by atoms with van der Waals surface area (Å²) in [6, 6.07) is 11.2. The monoisotopic (exact) mass is 411 g/mol. The van der Waals surface area contributed by atoms with Gasteiger partial charge in [0.15, 0.2) is 0 Å². The zero-order valence-electron chi connectivity index (χ0n) is 15.4. The zero-order valence-corrected chi connectivity index (χ0v) is 17.0. The fourth-order valence-electron chi connectivity index (χ4n) is 2.57. The molecule has 0 amide bonds. The molecule has 0 aliphatic rings. The number of halogens is 1. The van der Waals surface area contributed by atoms with Gasteiger partial charge in [0.1, 0.15) is 17.3 Å². The van der Waals surface area contributed by atoms with Gasteiger partial charge < -0.3 is 9.47 Å². The number of ether oxygens (including phenoxy) is 2. The Labute approximate surface area is 164 Å². The second-order valence-electron chi connectivity index (χ2n) is 5.66. The van der Waals surface area contributed by atoms with Crippen LogP contribution in [0.25, 0.3) is 0 Å². The first-order valence-corrected chi connectivity index (χ1v) is 10.2. The molecule has 0 saturated carbocycles. The Balaban J connectivity index is 2.29. The van der Waals surface area contributed by atoms with E-state index in [0.717, 1.165) is 5.56 Å². The van der Waals surface area contributed by atoms with Gasteiger partial charge in [0.25, 0.3) is 0 Å². The van der Waals surface area contributed by atoms with Crippen LogP contribution in [0.3, 0.4) is 0 Å². The van der Waals surface area contributed by atoms with E-state index in [1.54, 1.807) is 38.1 Å². The predicted molar refractivity (Wildman–Crippen MR) is 104 cm³/mol. The minimum absolute atomic E-state index is 0.0313. The number of carbonyl (C=O) groups excluding carboxylic acids is 1. The number of rotatable bonds is 8. The first-order chi connectivity index (χ1) is 12.8. The van der Waals surface area contributed by atoms with E-state index < -0.39 is 16.0 Å². The molecule has 6 nitrogen and oxygen atoms in total. The number of hydrogen-bond acceptors (Lipinski definition) is 5. The van der Waals surface area contributed by atoms with E-state index in [2.05, 4.69) is 0 Å². The standard InChI is InChI=1S/C19H22ClNO5S/c1-4-21(5-2)27(23,24)18-12-15(9-10-17(18)25-3)19(22)26-13-14-7-6-8-16(20)11-14/h6-12H,4-5,13H2,1-3H3. The van der Waals surface area contributed by atoms with Crippen LogP contribution >= 0.6 is 11.6 Å². The lowest BCUT2D eigenvalue weighted by atomic mass is 10.2. The van der Waals surface area contributed by atoms with Crippen LogP contribution in [0.5, 0.6) is 5.75 Å². The maximum absolute atomic E-state index is 12.8. The van der Waals surface area contributed by atoms with Gasteiger partial charge >= 0.3 is 5.97 Å². The predicted octanol–water partition coefficient (Wildman–Crippen LogP) is 3.74. The van der Waals surface area contributed by atoms with Gasteiger partial charge in [-0.2, -0.15) is 4.31 Å². The van der Waals surface area contributed by atoms with Crippen molar-refractivity contribution in [1.82, 2.24) is 4.31 Å². The maximum Gasteiger partial charge on any atom is 0.338 e. The molecule has 0 heterocycles. The van der Waals surface area contributed by atoms with Crippen molar-refractivity contribution >= 4 is 27.6 Å². The third-order valence-electron chi connectivity index (χ3n) is 3.98. The van der Waals surface area contributed by atoms with E-state index >= 15 is 0 Å². The summed E-state index contributed by atoms with van der Waals surface area (Å²) in [6.07, 6.45) is 0. The minimum atomic E-state index is -3.79. The molecule has 0 N–H and O–H groups in total. The molecule has 0 bridgehead atoms. The van der Waals surface area contributed by atoms with Crippen LogP contribution in [0, 0.1) is 0 Å². The highest BCUT2D eigenvalue weighted by atomic mass is 35.5. The molecular formula is C19H22ClNO5S. The number of esters is 1. The summed E-state index contributed by atoms with van der Waals surface area (Å²) in [7, 11) is -2.41. The van der Waals surface area contributed by atoms with Crippen LogP contribution in [0.1, 0.15) is 29.8 Å². The van der Waals surface area contributed by atoms with E-state index in [1.807, 2.05) is 0 Å². The summed E-state index contributed by atoms with van der Waals surface area (Å²) < 4.78 is 37.4. The summed E-state index contributed by atoms with van der Waals surface area (Å²) in [4.78, 5) is 12.3. The van der Waals surface area contributed by atoms with Crippen LogP contribution in [0.15, 0.2) is 47.4 Å². The minimum Gasteiger partial charge on any atom is -0.495 e. The Bertz CT molecular complexity index is 910. The van der Waals surface area contributed by atoms with E-state index in [-0.39, 0.29) is 22.8 Å². The van der Waals surface area contributed by atoms with Gasteiger partial charge in [-0.1, -0.05) is 37.6 Å². The average Bonchev–Trinajstić information content (AvgIpc) is 2.66. The SMILES string of the molecule is CCN(CC)S(=O)(=O)c1cc(C(=O)OCc2cccc(Cl)c2)ccc1OC. The molecule has 0 aromatic heterocycles. The molecular weight excluding hydrogens is 390 g/mol. The molecule has 0 saturated heterocycles. The molecule has 146 valence electrons. The molecule has 8 heteroatoms. The molecule has 2 rings (SSSR count). The van der Waals surface area contributed by atoms with Crippen molar-refractivity contribution in [3.63, 3.8) is 0 Å². The summed E-state index contributed by atoms with van der Waals surface area (Å²) in [6.45, 7) is 4.15. The molecule has 0 unspecified atom stereocenters. The Morgan fingerprint density at radius 2 is 1.81 bits per heavy atom. The number of hydrogen-bond donors (Lipinski definition) is 0. The molecule has 27 heavy (non-hydrogen) atoms. The van der Waals surface area contributed by atoms with Crippen LogP contribution in [-0.2, 0) is 21.4 Å². The number of sulfonamides is 1. The highest BCUT2D eigenvalue weighted by Crippen LogP contribution is 2.28. The second-order valence-corrected chi connectivity index (χ2v) is 8.00. The highest BCUT2D eigenvalue weighted by molar-refractivity contribution is 7.89. The van der Waals surface area contributed by atoms with E-state index in [9.17, 15) is 13.2 Å². The molecule has 0 aliphatic carbocycles. The lowest BCUT2D eigenvalue weighted by Gasteiger charge is -2.20. The van der Waals surface area contributed by atoms with Gasteiger partial charge in [0.05, 0.1) is 12.7 Å². The zero-order chi connectivity index (χ0) is 20.0. The fourth-order valence-corrected chi connectivity index (χ4v) is 4.42. The normalized spacial score (nSPS) is 11.4. The Kier molecular flexibility index (Phi) is 7.24. The maximum atomic E-state index is 12.8. The smallest absolute Gasteiger partial charge is 0.338 e. The van der Waals surface area contributed by atoms with Crippen LogP contribution < -0.4 is 4.74 Å². The molecule has 0 atom stereocenters. The summed E-state index contributed by atoms with van der Waals surface area (Å²) in [5, 5.41) is 0.542. The number of carbonyl (C=O) groups is 1. The van der Waals surface area contributed by atoms with Crippen molar-refractivity contribution in [2.75, 3.05) is 20.2 Å². The second kappa shape index (κ2) is 9.21. The lowest BCUT2D eigenvalue weighted by Crippen LogP contribution is -2.31. The number of methoxy groups -OCH3 is 1. The molecule has 2 aromatic rings. The van der Waals surface area contributed by atoms with Crippen LogP contribution in [-0.4, -0.2) is 38.9 Å². The topological polar surface area (TPSA) is 72.9 Å². The first kappa shape index (κ1) is 21.2. The number of nitrogens with zero attached hydrogens (tertiary/aromatic N) is 1. The van der Waals surface area contributed by atoms with E-state index in [4.69, 9.17) is 21.1 Å². The van der Waals surface area contributed by atoms with Crippen molar-refractivity contribution in [2.24, 2.45) is 0 Å². The van der Waals surface area contributed by atoms with Gasteiger partial charge in [-0.25, -0.2) is 13.2 Å². The molecule has 0 fully saturated rings. The quantitative estimate of drug-likeness (QED) is 0.619. The average molecular weight is 412 g/mol. The van der Waals surface area contributed by atoms with Crippen molar-refractivity contribution in [3.05, 3.63) is 58.6 Å². The third-order valence-corrected chi connectivity index (χ3v) is 6.29. The van der Waals surface area contributed by atoms with Crippen molar-refractivity contribution < 1.29 is 22.7 Å². The van der Waals surface area contributed by atoms with Gasteiger partial charge in [-0.3, -0.25) is 0 Å². The Morgan fingerprint density at radius 1 is 1.11 bits per heavy atom. The Hall–Kier alpha value is -2.09.